The molecule has 102 valence electrons. The normalized spacial score (nSPS) is 11.8. The SMILES string of the molecule is Cn1c(Cn2cc(C(F)(F)F)ccc2=O)n[nH]c1=S. The Morgan fingerprint density at radius 3 is 2.63 bits per heavy atom. The molecule has 0 atom stereocenters. The summed E-state index contributed by atoms with van der Waals surface area (Å²) in [4.78, 5) is 11.5. The quantitative estimate of drug-likeness (QED) is 0.857. The molecule has 1 N–H and O–H groups in total. The van der Waals surface area contributed by atoms with Crippen LogP contribution in [0, 0.1) is 4.77 Å². The number of H-pyrrole nitrogens is 1. The molecule has 0 unspecified atom stereocenters. The first kappa shape index (κ1) is 13.5. The largest absolute Gasteiger partial charge is 0.417 e. The second kappa shape index (κ2) is 4.65. The van der Waals surface area contributed by atoms with Gasteiger partial charge in [0, 0.05) is 19.3 Å². The van der Waals surface area contributed by atoms with Crippen molar-refractivity contribution in [2.45, 2.75) is 12.7 Å². The number of rotatable bonds is 2. The molecule has 0 aromatic carbocycles. The standard InChI is InChI=1S/C10H9F3N4OS/c1-16-7(14-15-9(16)19)5-17-4-6(10(11,12)13)2-3-8(17)18/h2-4H,5H2,1H3,(H,15,19). The Labute approximate surface area is 110 Å². The number of hydrogen-bond donors (Lipinski definition) is 1. The molecule has 2 rings (SSSR count). The molecule has 2 aromatic heterocycles. The van der Waals surface area contributed by atoms with Crippen LogP contribution >= 0.6 is 12.2 Å². The molecule has 0 radical (unpaired) electrons. The van der Waals surface area contributed by atoms with Gasteiger partial charge in [0.15, 0.2) is 10.6 Å². The summed E-state index contributed by atoms with van der Waals surface area (Å²) in [7, 11) is 1.61. The minimum absolute atomic E-state index is 0.0909. The maximum atomic E-state index is 12.6. The molecule has 0 saturated carbocycles. The lowest BCUT2D eigenvalue weighted by Gasteiger charge is -2.10. The molecule has 2 heterocycles. The third-order valence-electron chi connectivity index (χ3n) is 2.59. The highest BCUT2D eigenvalue weighted by Gasteiger charge is 2.31. The average molecular weight is 290 g/mol. The summed E-state index contributed by atoms with van der Waals surface area (Å²) < 4.78 is 40.4. The molecule has 0 amide bonds. The predicted molar refractivity (Wildman–Crippen MR) is 63.2 cm³/mol. The number of nitrogens with one attached hydrogen (secondary N) is 1. The maximum Gasteiger partial charge on any atom is 0.417 e. The highest BCUT2D eigenvalue weighted by molar-refractivity contribution is 7.71. The Bertz CT molecular complexity index is 713. The molecule has 9 heteroatoms. The van der Waals surface area contributed by atoms with Crippen LogP contribution in [0.15, 0.2) is 23.1 Å². The molecule has 0 bridgehead atoms. The van der Waals surface area contributed by atoms with Crippen molar-refractivity contribution in [3.05, 3.63) is 44.8 Å². The zero-order valence-corrected chi connectivity index (χ0v) is 10.5. The lowest BCUT2D eigenvalue weighted by Crippen LogP contribution is -2.23. The van der Waals surface area contributed by atoms with E-state index in [1.807, 2.05) is 0 Å². The van der Waals surface area contributed by atoms with E-state index in [0.29, 0.717) is 10.6 Å². The van der Waals surface area contributed by atoms with Gasteiger partial charge in [-0.2, -0.15) is 18.3 Å². The molecule has 2 aromatic rings. The number of aromatic nitrogens is 4. The highest BCUT2D eigenvalue weighted by atomic mass is 32.1. The Morgan fingerprint density at radius 2 is 2.11 bits per heavy atom. The van der Waals surface area contributed by atoms with Crippen molar-refractivity contribution in [1.82, 2.24) is 19.3 Å². The molecule has 0 saturated heterocycles. The first-order valence-corrected chi connectivity index (χ1v) is 5.58. The Morgan fingerprint density at radius 1 is 1.42 bits per heavy atom. The van der Waals surface area contributed by atoms with E-state index in [2.05, 4.69) is 10.2 Å². The number of nitrogens with zero attached hydrogens (tertiary/aromatic N) is 3. The van der Waals surface area contributed by atoms with Gasteiger partial charge in [-0.3, -0.25) is 9.89 Å². The molecular formula is C10H9F3N4OS. The van der Waals surface area contributed by atoms with Gasteiger partial charge in [0.2, 0.25) is 0 Å². The number of pyridine rings is 1. The maximum absolute atomic E-state index is 12.6. The van der Waals surface area contributed by atoms with Gasteiger partial charge in [0.1, 0.15) is 0 Å². The molecular weight excluding hydrogens is 281 g/mol. The summed E-state index contributed by atoms with van der Waals surface area (Å²) >= 11 is 4.89. The van der Waals surface area contributed by atoms with Gasteiger partial charge < -0.3 is 9.13 Å². The molecule has 5 nitrogen and oxygen atoms in total. The monoisotopic (exact) mass is 290 g/mol. The van der Waals surface area contributed by atoms with E-state index in [4.69, 9.17) is 12.2 Å². The smallest absolute Gasteiger partial charge is 0.307 e. The fraction of sp³-hybridized carbons (Fsp3) is 0.300. The third kappa shape index (κ3) is 2.75. The van der Waals surface area contributed by atoms with E-state index in [-0.39, 0.29) is 6.54 Å². The molecule has 0 fully saturated rings. The van der Waals surface area contributed by atoms with E-state index < -0.39 is 17.3 Å². The van der Waals surface area contributed by atoms with Crippen molar-refractivity contribution in [3.8, 4) is 0 Å². The zero-order chi connectivity index (χ0) is 14.2. The number of halogens is 3. The van der Waals surface area contributed by atoms with Crippen molar-refractivity contribution in [2.75, 3.05) is 0 Å². The molecule has 0 aliphatic carbocycles. The van der Waals surface area contributed by atoms with Gasteiger partial charge in [-0.25, -0.2) is 0 Å². The van der Waals surface area contributed by atoms with Crippen molar-refractivity contribution in [2.24, 2.45) is 7.05 Å². The molecule has 0 aliphatic rings. The van der Waals surface area contributed by atoms with Crippen LogP contribution in [-0.4, -0.2) is 19.3 Å². The van der Waals surface area contributed by atoms with E-state index in [1.54, 1.807) is 7.05 Å². The number of hydrogen-bond acceptors (Lipinski definition) is 3. The van der Waals surface area contributed by atoms with Gasteiger partial charge in [-0.15, -0.1) is 0 Å². The Kier molecular flexibility index (Phi) is 3.31. The summed E-state index contributed by atoms with van der Waals surface area (Å²) in [6, 6.07) is 1.63. The van der Waals surface area contributed by atoms with Gasteiger partial charge in [0.05, 0.1) is 12.1 Å². The van der Waals surface area contributed by atoms with Crippen LogP contribution in [0.3, 0.4) is 0 Å². The van der Waals surface area contributed by atoms with E-state index in [0.717, 1.165) is 22.9 Å². The topological polar surface area (TPSA) is 55.6 Å². The van der Waals surface area contributed by atoms with Crippen molar-refractivity contribution >= 4 is 12.2 Å². The van der Waals surface area contributed by atoms with Crippen LogP contribution in [0.1, 0.15) is 11.4 Å². The molecule has 0 aliphatic heterocycles. The van der Waals surface area contributed by atoms with Gasteiger partial charge in [-0.05, 0) is 18.3 Å². The van der Waals surface area contributed by atoms with Crippen molar-refractivity contribution in [3.63, 3.8) is 0 Å². The summed E-state index contributed by atoms with van der Waals surface area (Å²) in [5.41, 5.74) is -1.43. The van der Waals surface area contributed by atoms with Gasteiger partial charge in [-0.1, -0.05) is 0 Å². The number of aromatic amines is 1. The lowest BCUT2D eigenvalue weighted by atomic mass is 10.3. The third-order valence-corrected chi connectivity index (χ3v) is 2.96. The Balaban J connectivity index is 2.43. The van der Waals surface area contributed by atoms with Crippen LogP contribution in [0.5, 0.6) is 0 Å². The Hall–Kier alpha value is -1.90. The number of alkyl halides is 3. The first-order valence-electron chi connectivity index (χ1n) is 5.17. The van der Waals surface area contributed by atoms with E-state index in [9.17, 15) is 18.0 Å². The minimum atomic E-state index is -4.49. The highest BCUT2D eigenvalue weighted by Crippen LogP contribution is 2.28. The van der Waals surface area contributed by atoms with Gasteiger partial charge >= 0.3 is 6.18 Å². The van der Waals surface area contributed by atoms with E-state index >= 15 is 0 Å². The predicted octanol–water partition coefficient (Wildman–Crippen LogP) is 1.71. The zero-order valence-electron chi connectivity index (χ0n) is 9.73. The summed E-state index contributed by atoms with van der Waals surface area (Å²) in [6.45, 7) is -0.0909. The summed E-state index contributed by atoms with van der Waals surface area (Å²) in [5.74, 6) is 0.367. The molecule has 0 spiro atoms. The molecule has 19 heavy (non-hydrogen) atoms. The minimum Gasteiger partial charge on any atom is -0.307 e. The fourth-order valence-corrected chi connectivity index (χ4v) is 1.65. The van der Waals surface area contributed by atoms with Crippen LogP contribution in [0.4, 0.5) is 13.2 Å². The van der Waals surface area contributed by atoms with Crippen molar-refractivity contribution < 1.29 is 13.2 Å². The fourth-order valence-electron chi connectivity index (χ4n) is 1.50. The van der Waals surface area contributed by atoms with Crippen LogP contribution in [-0.2, 0) is 19.8 Å². The first-order chi connectivity index (χ1) is 8.79. The van der Waals surface area contributed by atoms with Crippen LogP contribution in [0.2, 0.25) is 0 Å². The van der Waals surface area contributed by atoms with Crippen LogP contribution < -0.4 is 5.56 Å². The second-order valence-electron chi connectivity index (χ2n) is 3.89. The van der Waals surface area contributed by atoms with Crippen molar-refractivity contribution in [1.29, 1.82) is 0 Å². The lowest BCUT2D eigenvalue weighted by molar-refractivity contribution is -0.138. The van der Waals surface area contributed by atoms with Crippen LogP contribution in [0.25, 0.3) is 0 Å². The van der Waals surface area contributed by atoms with E-state index in [1.165, 1.54) is 4.57 Å². The van der Waals surface area contributed by atoms with Gasteiger partial charge in [0.25, 0.3) is 5.56 Å². The average Bonchev–Trinajstić information content (AvgIpc) is 2.62. The summed E-state index contributed by atoms with van der Waals surface area (Å²) in [6.07, 6.45) is -3.73. The summed E-state index contributed by atoms with van der Waals surface area (Å²) in [5, 5.41) is 6.35. The second-order valence-corrected chi connectivity index (χ2v) is 4.27.